The SMILES string of the molecule is CCc1ccc(Cc2cc(C3OC(CO)C(O)C(O)C3O)c3c(c2Cl)OCC3)cc1. The Morgan fingerprint density at radius 1 is 1.03 bits per heavy atom. The molecule has 4 N–H and O–H groups in total. The predicted octanol–water partition coefficient (Wildman–Crippen LogP) is 1.94. The van der Waals surface area contributed by atoms with E-state index in [2.05, 4.69) is 31.2 Å². The minimum absolute atomic E-state index is 0.466. The van der Waals surface area contributed by atoms with Crippen LogP contribution in [0, 0.1) is 0 Å². The summed E-state index contributed by atoms with van der Waals surface area (Å²) >= 11 is 6.66. The van der Waals surface area contributed by atoms with Gasteiger partial charge < -0.3 is 29.9 Å². The highest BCUT2D eigenvalue weighted by Crippen LogP contribution is 2.44. The molecule has 0 amide bonds. The molecule has 0 radical (unpaired) electrons. The van der Waals surface area contributed by atoms with Gasteiger partial charge in [-0.05, 0) is 35.1 Å². The summed E-state index contributed by atoms with van der Waals surface area (Å²) in [6, 6.07) is 10.2. The fourth-order valence-electron chi connectivity index (χ4n) is 4.26. The lowest BCUT2D eigenvalue weighted by Crippen LogP contribution is -2.55. The molecule has 7 heteroatoms. The molecule has 0 saturated carbocycles. The van der Waals surface area contributed by atoms with Crippen LogP contribution >= 0.6 is 11.6 Å². The molecular weight excluding hydrogens is 408 g/mol. The first kappa shape index (κ1) is 21.6. The molecule has 2 heterocycles. The number of rotatable bonds is 5. The molecule has 5 unspecified atom stereocenters. The smallest absolute Gasteiger partial charge is 0.141 e. The van der Waals surface area contributed by atoms with Gasteiger partial charge in [-0.2, -0.15) is 0 Å². The maximum atomic E-state index is 10.6. The zero-order valence-electron chi connectivity index (χ0n) is 16.8. The van der Waals surface area contributed by atoms with E-state index in [4.69, 9.17) is 21.1 Å². The van der Waals surface area contributed by atoms with Gasteiger partial charge in [-0.3, -0.25) is 0 Å². The predicted molar refractivity (Wildman–Crippen MR) is 112 cm³/mol. The molecule has 0 spiro atoms. The van der Waals surface area contributed by atoms with Gasteiger partial charge in [-0.1, -0.05) is 48.9 Å². The molecule has 2 aliphatic heterocycles. The van der Waals surface area contributed by atoms with Gasteiger partial charge >= 0.3 is 0 Å². The van der Waals surface area contributed by atoms with Crippen molar-refractivity contribution >= 4 is 11.6 Å². The monoisotopic (exact) mass is 434 g/mol. The summed E-state index contributed by atoms with van der Waals surface area (Å²) in [6.45, 7) is 2.11. The Hall–Kier alpha value is -1.67. The first-order chi connectivity index (χ1) is 14.4. The normalized spacial score (nSPS) is 28.3. The molecule has 2 aliphatic rings. The third-order valence-corrected chi connectivity index (χ3v) is 6.47. The van der Waals surface area contributed by atoms with Gasteiger partial charge in [0.2, 0.25) is 0 Å². The summed E-state index contributed by atoms with van der Waals surface area (Å²) < 4.78 is 11.6. The van der Waals surface area contributed by atoms with Gasteiger partial charge in [-0.25, -0.2) is 0 Å². The average molecular weight is 435 g/mol. The molecule has 2 aromatic carbocycles. The fourth-order valence-corrected chi connectivity index (χ4v) is 4.55. The van der Waals surface area contributed by atoms with Gasteiger partial charge in [0.05, 0.1) is 18.2 Å². The van der Waals surface area contributed by atoms with Crippen molar-refractivity contribution in [2.24, 2.45) is 0 Å². The Morgan fingerprint density at radius 2 is 1.73 bits per heavy atom. The van der Waals surface area contributed by atoms with Crippen molar-refractivity contribution < 1.29 is 29.9 Å². The van der Waals surface area contributed by atoms with E-state index >= 15 is 0 Å². The van der Waals surface area contributed by atoms with Crippen LogP contribution in [0.5, 0.6) is 5.75 Å². The second-order valence-electron chi connectivity index (χ2n) is 7.94. The number of aliphatic hydroxyl groups is 4. The van der Waals surface area contributed by atoms with E-state index in [1.807, 2.05) is 6.07 Å². The molecule has 6 nitrogen and oxygen atoms in total. The molecule has 4 rings (SSSR count). The minimum atomic E-state index is -1.43. The van der Waals surface area contributed by atoms with Gasteiger partial charge in [0.15, 0.2) is 0 Å². The third-order valence-electron chi connectivity index (χ3n) is 6.06. The second kappa shape index (κ2) is 8.83. The van der Waals surface area contributed by atoms with Crippen molar-refractivity contribution in [1.29, 1.82) is 0 Å². The number of benzene rings is 2. The van der Waals surface area contributed by atoms with Crippen LogP contribution in [0.2, 0.25) is 5.02 Å². The van der Waals surface area contributed by atoms with Crippen LogP contribution < -0.4 is 4.74 Å². The summed E-state index contributed by atoms with van der Waals surface area (Å²) in [5, 5.41) is 41.0. The standard InChI is InChI=1S/C23H27ClO6/c1-2-12-3-5-13(6-4-12)9-14-10-16(15-7-8-29-22(15)18(14)24)23-21(28)20(27)19(26)17(11-25)30-23/h3-6,10,17,19-21,23,25-28H,2,7-9,11H2,1H3. The maximum absolute atomic E-state index is 10.6. The summed E-state index contributed by atoms with van der Waals surface area (Å²) in [5.74, 6) is 0.575. The van der Waals surface area contributed by atoms with Gasteiger partial charge in [0, 0.05) is 12.0 Å². The van der Waals surface area contributed by atoms with Crippen molar-refractivity contribution in [1.82, 2.24) is 0 Å². The molecule has 30 heavy (non-hydrogen) atoms. The number of fused-ring (bicyclic) bond motifs is 1. The van der Waals surface area contributed by atoms with E-state index in [9.17, 15) is 20.4 Å². The Balaban J connectivity index is 1.73. The van der Waals surface area contributed by atoms with Crippen molar-refractivity contribution in [2.75, 3.05) is 13.2 Å². The molecule has 5 atom stereocenters. The number of aryl methyl sites for hydroxylation is 1. The van der Waals surface area contributed by atoms with E-state index in [-0.39, 0.29) is 0 Å². The zero-order valence-corrected chi connectivity index (χ0v) is 17.5. The highest BCUT2D eigenvalue weighted by Gasteiger charge is 2.45. The Morgan fingerprint density at radius 3 is 2.40 bits per heavy atom. The van der Waals surface area contributed by atoms with E-state index in [1.54, 1.807) is 0 Å². The highest BCUT2D eigenvalue weighted by atomic mass is 35.5. The molecule has 0 bridgehead atoms. The Labute approximate surface area is 180 Å². The Kier molecular flexibility index (Phi) is 6.34. The number of hydrogen-bond acceptors (Lipinski definition) is 6. The van der Waals surface area contributed by atoms with Gasteiger partial charge in [0.1, 0.15) is 36.3 Å². The quantitative estimate of drug-likeness (QED) is 0.574. The molecule has 0 aliphatic carbocycles. The summed E-state index contributed by atoms with van der Waals surface area (Å²) in [5.41, 5.74) is 4.67. The van der Waals surface area contributed by atoms with Crippen LogP contribution in [-0.2, 0) is 24.0 Å². The first-order valence-corrected chi connectivity index (χ1v) is 10.7. The van der Waals surface area contributed by atoms with Crippen LogP contribution in [0.15, 0.2) is 30.3 Å². The van der Waals surface area contributed by atoms with Gasteiger partial charge in [-0.15, -0.1) is 0 Å². The van der Waals surface area contributed by atoms with Gasteiger partial charge in [0.25, 0.3) is 0 Å². The Bertz CT molecular complexity index is 898. The number of halogens is 1. The maximum Gasteiger partial charge on any atom is 0.141 e. The lowest BCUT2D eigenvalue weighted by Gasteiger charge is -2.40. The summed E-state index contributed by atoms with van der Waals surface area (Å²) in [4.78, 5) is 0. The molecule has 1 fully saturated rings. The largest absolute Gasteiger partial charge is 0.491 e. The molecule has 162 valence electrons. The van der Waals surface area contributed by atoms with Crippen LogP contribution in [0.25, 0.3) is 0 Å². The van der Waals surface area contributed by atoms with Crippen molar-refractivity contribution in [3.05, 3.63) is 63.2 Å². The molecule has 1 saturated heterocycles. The molecule has 0 aromatic heterocycles. The lowest BCUT2D eigenvalue weighted by molar-refractivity contribution is -0.231. The summed E-state index contributed by atoms with van der Waals surface area (Å²) in [6.07, 6.45) is -3.90. The van der Waals surface area contributed by atoms with E-state index in [0.717, 1.165) is 23.1 Å². The topological polar surface area (TPSA) is 99.4 Å². The lowest BCUT2D eigenvalue weighted by atomic mass is 9.87. The van der Waals surface area contributed by atoms with Crippen LogP contribution in [0.4, 0.5) is 0 Å². The van der Waals surface area contributed by atoms with E-state index < -0.39 is 37.1 Å². The highest BCUT2D eigenvalue weighted by molar-refractivity contribution is 6.33. The third kappa shape index (κ3) is 3.84. The van der Waals surface area contributed by atoms with Crippen molar-refractivity contribution in [3.8, 4) is 5.75 Å². The number of hydrogen-bond donors (Lipinski definition) is 4. The second-order valence-corrected chi connectivity index (χ2v) is 8.32. The molecular formula is C23H27ClO6. The van der Waals surface area contributed by atoms with Crippen molar-refractivity contribution in [3.63, 3.8) is 0 Å². The average Bonchev–Trinajstić information content (AvgIpc) is 3.26. The minimum Gasteiger partial charge on any atom is -0.491 e. The first-order valence-electron chi connectivity index (χ1n) is 10.3. The van der Waals surface area contributed by atoms with E-state index in [1.165, 1.54) is 5.56 Å². The summed E-state index contributed by atoms with van der Waals surface area (Å²) in [7, 11) is 0. The number of aliphatic hydroxyl groups excluding tert-OH is 4. The zero-order chi connectivity index (χ0) is 21.4. The van der Waals surface area contributed by atoms with E-state index in [0.29, 0.717) is 35.8 Å². The van der Waals surface area contributed by atoms with Crippen LogP contribution in [-0.4, -0.2) is 58.1 Å². The van der Waals surface area contributed by atoms with Crippen LogP contribution in [0.1, 0.15) is 40.8 Å². The number of ether oxygens (including phenoxy) is 2. The molecule has 2 aromatic rings. The fraction of sp³-hybridized carbons (Fsp3) is 0.478. The van der Waals surface area contributed by atoms with Crippen molar-refractivity contribution in [2.45, 2.75) is 56.7 Å². The van der Waals surface area contributed by atoms with Crippen LogP contribution in [0.3, 0.4) is 0 Å².